The van der Waals surface area contributed by atoms with E-state index in [0.717, 1.165) is 44.9 Å². The van der Waals surface area contributed by atoms with E-state index in [1.54, 1.807) is 23.1 Å². The highest BCUT2D eigenvalue weighted by Gasteiger charge is 2.54. The van der Waals surface area contributed by atoms with E-state index >= 15 is 0 Å². The first kappa shape index (κ1) is 27.9. The number of nitrogens with zero attached hydrogens (tertiary/aromatic N) is 1. The minimum atomic E-state index is -1.12. The molecule has 5 atom stereocenters. The van der Waals surface area contributed by atoms with Gasteiger partial charge in [-0.3, -0.25) is 24.0 Å². The average molecular weight is 614 g/mol. The van der Waals surface area contributed by atoms with Gasteiger partial charge in [0.25, 0.3) is 11.8 Å². The minimum absolute atomic E-state index is 0.0115. The number of aromatic amines is 1. The molecule has 222 valence electrons. The molecule has 1 aromatic heterocycles. The number of fused-ring (bicyclic) bond motifs is 2. The number of hydrogen-bond acceptors (Lipinski definition) is 5. The number of likely N-dealkylation sites (tertiary alicyclic amines) is 1. The molecule has 1 aromatic carbocycles. The van der Waals surface area contributed by atoms with Crippen molar-refractivity contribution in [2.45, 2.75) is 82.3 Å². The summed E-state index contributed by atoms with van der Waals surface area (Å²) in [6.07, 6.45) is 7.66. The van der Waals surface area contributed by atoms with E-state index in [0.29, 0.717) is 46.0 Å². The number of carbonyl (C=O) groups is 5. The lowest BCUT2D eigenvalue weighted by Crippen LogP contribution is -2.55. The van der Waals surface area contributed by atoms with Crippen LogP contribution in [0, 0.1) is 23.2 Å². The first-order valence-corrected chi connectivity index (χ1v) is 15.8. The lowest BCUT2D eigenvalue weighted by atomic mass is 9.91. The fourth-order valence-electron chi connectivity index (χ4n) is 7.69. The van der Waals surface area contributed by atoms with Gasteiger partial charge in [0.05, 0.1) is 11.1 Å². The fraction of sp³-hybridized carbons (Fsp3) is 0.581. The number of nitrogens with one attached hydrogen (secondary N) is 3. The number of H-pyrrole nitrogens is 1. The van der Waals surface area contributed by atoms with Crippen molar-refractivity contribution in [1.29, 1.82) is 0 Å². The van der Waals surface area contributed by atoms with Crippen LogP contribution in [0.2, 0.25) is 10.0 Å². The second kappa shape index (κ2) is 10.4. The fourth-order valence-corrected chi connectivity index (χ4v) is 8.24. The normalized spacial score (nSPS) is 28.2. The van der Waals surface area contributed by atoms with Gasteiger partial charge in [0, 0.05) is 40.9 Å². The highest BCUT2D eigenvalue weighted by molar-refractivity contribution is 6.39. The van der Waals surface area contributed by atoms with Gasteiger partial charge in [-0.1, -0.05) is 29.6 Å². The number of carbonyl (C=O) groups excluding carboxylic acids is 5. The molecular weight excluding hydrogens is 579 g/mol. The Bertz CT molecular complexity index is 1510. The summed E-state index contributed by atoms with van der Waals surface area (Å²) >= 11 is 12.5. The third-order valence-electron chi connectivity index (χ3n) is 10.2. The van der Waals surface area contributed by atoms with Gasteiger partial charge < -0.3 is 20.5 Å². The zero-order chi connectivity index (χ0) is 29.3. The van der Waals surface area contributed by atoms with Crippen molar-refractivity contribution in [3.63, 3.8) is 0 Å². The average Bonchev–Trinajstić information content (AvgIpc) is 3.68. The molecule has 2 heterocycles. The zero-order valence-electron chi connectivity index (χ0n) is 23.2. The smallest absolute Gasteiger partial charge is 0.289 e. The number of Topliss-reactive ketones (excluding diaryl/α,β-unsaturated/α-hetero) is 2. The van der Waals surface area contributed by atoms with Crippen LogP contribution >= 0.6 is 23.2 Å². The Morgan fingerprint density at radius 1 is 1.07 bits per heavy atom. The molecule has 11 heteroatoms. The van der Waals surface area contributed by atoms with E-state index in [1.807, 2.05) is 0 Å². The first-order chi connectivity index (χ1) is 20.1. The maximum atomic E-state index is 14.0. The van der Waals surface area contributed by atoms with E-state index in [9.17, 15) is 24.0 Å². The van der Waals surface area contributed by atoms with Gasteiger partial charge in [-0.2, -0.15) is 0 Å². The summed E-state index contributed by atoms with van der Waals surface area (Å²) in [6, 6.07) is 3.06. The Morgan fingerprint density at radius 2 is 1.86 bits per heavy atom. The second-order valence-electron chi connectivity index (χ2n) is 13.2. The van der Waals surface area contributed by atoms with E-state index in [4.69, 9.17) is 23.2 Å². The van der Waals surface area contributed by atoms with Crippen LogP contribution in [0.4, 0.5) is 0 Å². The molecule has 5 aliphatic rings. The maximum absolute atomic E-state index is 14.0. The molecular formula is C31H34Cl2N4O5. The monoisotopic (exact) mass is 612 g/mol. The molecule has 4 aliphatic carbocycles. The quantitative estimate of drug-likeness (QED) is 0.385. The van der Waals surface area contributed by atoms with Crippen LogP contribution < -0.4 is 10.6 Å². The lowest BCUT2D eigenvalue weighted by Gasteiger charge is -2.29. The Kier molecular flexibility index (Phi) is 6.89. The number of rotatable bonds is 8. The largest absolute Gasteiger partial charge is 0.350 e. The van der Waals surface area contributed by atoms with Gasteiger partial charge in [-0.25, -0.2) is 0 Å². The summed E-state index contributed by atoms with van der Waals surface area (Å²) in [6.45, 7) is 0.426. The minimum Gasteiger partial charge on any atom is -0.350 e. The molecule has 2 aromatic rings. The van der Waals surface area contributed by atoms with Crippen LogP contribution in [0.3, 0.4) is 0 Å². The van der Waals surface area contributed by atoms with Crippen molar-refractivity contribution in [3.05, 3.63) is 33.9 Å². The molecule has 5 fully saturated rings. The van der Waals surface area contributed by atoms with Gasteiger partial charge in [-0.15, -0.1) is 0 Å². The molecule has 42 heavy (non-hydrogen) atoms. The zero-order valence-corrected chi connectivity index (χ0v) is 24.7. The Morgan fingerprint density at radius 3 is 2.57 bits per heavy atom. The van der Waals surface area contributed by atoms with E-state index in [-0.39, 0.29) is 47.3 Å². The number of halogens is 2. The molecule has 3 amide bonds. The Hall–Kier alpha value is -2.91. The molecule has 1 aliphatic heterocycles. The SMILES string of the molecule is O=C(NC1CC1)C(=O)C(CC1CC2(CC2)CC1=O)NC(=O)C1C2CCCC2CN1C(=O)c1cc2c(Cl)cc(Cl)cc2[nH]1. The molecule has 4 saturated carbocycles. The van der Waals surface area contributed by atoms with Crippen molar-refractivity contribution in [1.82, 2.24) is 20.5 Å². The Balaban J connectivity index is 1.14. The predicted molar refractivity (Wildman–Crippen MR) is 156 cm³/mol. The molecule has 9 nitrogen and oxygen atoms in total. The summed E-state index contributed by atoms with van der Waals surface area (Å²) in [5.41, 5.74) is 0.974. The molecule has 0 radical (unpaired) electrons. The molecule has 5 unspecified atom stereocenters. The molecule has 0 bridgehead atoms. The number of amides is 3. The number of aromatic nitrogens is 1. The van der Waals surface area contributed by atoms with Crippen molar-refractivity contribution in [2.75, 3.05) is 6.54 Å². The highest BCUT2D eigenvalue weighted by Crippen LogP contribution is 2.59. The standard InChI is InChI=1S/C31H34Cl2N4O5/c32-17-9-21(33)20-11-24(35-22(20)10-17)30(42)37-14-15-2-1-3-19(15)26(37)28(40)36-23(27(39)29(41)34-18-4-5-18)8-16-12-31(6-7-31)13-25(16)38/h9-11,15-16,18-19,23,26,35H,1-8,12-14H2,(H,34,41)(H,36,40). The Labute approximate surface area is 253 Å². The van der Waals surface area contributed by atoms with Crippen LogP contribution in [-0.2, 0) is 19.2 Å². The third kappa shape index (κ3) is 5.12. The summed E-state index contributed by atoms with van der Waals surface area (Å²) in [4.78, 5) is 71.7. The summed E-state index contributed by atoms with van der Waals surface area (Å²) in [7, 11) is 0. The van der Waals surface area contributed by atoms with Crippen molar-refractivity contribution < 1.29 is 24.0 Å². The topological polar surface area (TPSA) is 128 Å². The third-order valence-corrected chi connectivity index (χ3v) is 10.8. The summed E-state index contributed by atoms with van der Waals surface area (Å²) in [5.74, 6) is -2.35. The molecule has 1 saturated heterocycles. The van der Waals surface area contributed by atoms with Gasteiger partial charge >= 0.3 is 0 Å². The van der Waals surface area contributed by atoms with Crippen molar-refractivity contribution in [3.8, 4) is 0 Å². The summed E-state index contributed by atoms with van der Waals surface area (Å²) < 4.78 is 0. The van der Waals surface area contributed by atoms with Crippen LogP contribution in [0.25, 0.3) is 10.9 Å². The molecule has 7 rings (SSSR count). The number of benzene rings is 1. The van der Waals surface area contributed by atoms with E-state index in [1.165, 1.54) is 0 Å². The first-order valence-electron chi connectivity index (χ1n) is 15.1. The molecule has 3 N–H and O–H groups in total. The number of ketones is 2. The van der Waals surface area contributed by atoms with Crippen molar-refractivity contribution >= 4 is 63.4 Å². The predicted octanol–water partition coefficient (Wildman–Crippen LogP) is 4.20. The molecule has 1 spiro atoms. The second-order valence-corrected chi connectivity index (χ2v) is 14.1. The summed E-state index contributed by atoms with van der Waals surface area (Å²) in [5, 5.41) is 7.13. The van der Waals surface area contributed by atoms with Crippen LogP contribution in [0.1, 0.15) is 74.7 Å². The van der Waals surface area contributed by atoms with Gasteiger partial charge in [0.15, 0.2) is 0 Å². The van der Waals surface area contributed by atoms with Gasteiger partial charge in [0.2, 0.25) is 11.7 Å². The van der Waals surface area contributed by atoms with Gasteiger partial charge in [-0.05, 0) is 86.8 Å². The van der Waals surface area contributed by atoms with Crippen LogP contribution in [-0.4, -0.2) is 63.8 Å². The van der Waals surface area contributed by atoms with E-state index in [2.05, 4.69) is 15.6 Å². The van der Waals surface area contributed by atoms with Crippen LogP contribution in [0.5, 0.6) is 0 Å². The van der Waals surface area contributed by atoms with Crippen LogP contribution in [0.15, 0.2) is 18.2 Å². The highest BCUT2D eigenvalue weighted by atomic mass is 35.5. The van der Waals surface area contributed by atoms with E-state index < -0.39 is 29.7 Å². The van der Waals surface area contributed by atoms with Crippen molar-refractivity contribution in [2.24, 2.45) is 23.2 Å². The lowest BCUT2D eigenvalue weighted by molar-refractivity contribution is -0.141. The maximum Gasteiger partial charge on any atom is 0.289 e. The number of hydrogen-bond donors (Lipinski definition) is 3. The van der Waals surface area contributed by atoms with Gasteiger partial charge in [0.1, 0.15) is 17.5 Å².